The van der Waals surface area contributed by atoms with Crippen LogP contribution in [0.2, 0.25) is 0 Å². The van der Waals surface area contributed by atoms with E-state index in [0.29, 0.717) is 24.4 Å². The molecule has 148 valence electrons. The minimum atomic E-state index is -0.313. The molecule has 1 fully saturated rings. The number of benzene rings is 2. The smallest absolute Gasteiger partial charge is 0.322 e. The lowest BCUT2D eigenvalue weighted by atomic mass is 10.1. The van der Waals surface area contributed by atoms with Gasteiger partial charge in [0.2, 0.25) is 11.8 Å². The van der Waals surface area contributed by atoms with E-state index in [-0.39, 0.29) is 23.7 Å². The number of aromatic nitrogens is 2. The molecular formula is C21H20N4O3S. The van der Waals surface area contributed by atoms with Crippen LogP contribution in [0.5, 0.6) is 0 Å². The van der Waals surface area contributed by atoms with Crippen molar-refractivity contribution in [3.63, 3.8) is 0 Å². The zero-order chi connectivity index (χ0) is 20.2. The molecule has 1 N–H and O–H groups in total. The zero-order valence-electron chi connectivity index (χ0n) is 15.9. The quantitative estimate of drug-likeness (QED) is 0.621. The van der Waals surface area contributed by atoms with Gasteiger partial charge in [-0.1, -0.05) is 36.3 Å². The van der Waals surface area contributed by atoms with Gasteiger partial charge in [0.15, 0.2) is 0 Å². The molecule has 3 aromatic rings. The summed E-state index contributed by atoms with van der Waals surface area (Å²) in [5.74, 6) is 0.771. The Bertz CT molecular complexity index is 1020. The molecule has 0 radical (unpaired) electrons. The Labute approximate surface area is 172 Å². The van der Waals surface area contributed by atoms with Crippen LogP contribution in [-0.4, -0.2) is 34.3 Å². The van der Waals surface area contributed by atoms with Gasteiger partial charge in [0.05, 0.1) is 5.92 Å². The van der Waals surface area contributed by atoms with Crippen molar-refractivity contribution < 1.29 is 14.0 Å². The third-order valence-electron chi connectivity index (χ3n) is 4.61. The Morgan fingerprint density at radius 2 is 2.03 bits per heavy atom. The molecule has 1 aliphatic rings. The largest absolute Gasteiger partial charge is 0.407 e. The van der Waals surface area contributed by atoms with Crippen molar-refractivity contribution in [2.45, 2.75) is 24.2 Å². The van der Waals surface area contributed by atoms with Crippen molar-refractivity contribution in [3.05, 3.63) is 66.1 Å². The number of carbonyl (C=O) groups excluding carboxylic acids is 2. The van der Waals surface area contributed by atoms with Crippen molar-refractivity contribution in [3.8, 4) is 0 Å². The Morgan fingerprint density at radius 1 is 1.21 bits per heavy atom. The first-order valence-electron chi connectivity index (χ1n) is 9.37. The van der Waals surface area contributed by atoms with E-state index in [2.05, 4.69) is 22.4 Å². The van der Waals surface area contributed by atoms with E-state index in [1.807, 2.05) is 48.5 Å². The number of thioether (sulfide) groups is 1. The summed E-state index contributed by atoms with van der Waals surface area (Å²) in [7, 11) is 0. The van der Waals surface area contributed by atoms with Crippen molar-refractivity contribution in [2.24, 2.45) is 0 Å². The van der Waals surface area contributed by atoms with Crippen LogP contribution in [0.1, 0.15) is 35.5 Å². The molecule has 1 unspecified atom stereocenters. The average molecular weight is 408 g/mol. The summed E-state index contributed by atoms with van der Waals surface area (Å²) >= 11 is 1.66. The highest BCUT2D eigenvalue weighted by atomic mass is 32.2. The van der Waals surface area contributed by atoms with E-state index in [0.717, 1.165) is 16.3 Å². The first-order chi connectivity index (χ1) is 14.1. The Hall–Kier alpha value is -3.13. The first-order valence-corrected chi connectivity index (χ1v) is 10.4. The second-order valence-corrected chi connectivity index (χ2v) is 7.94. The molecule has 4 rings (SSSR count). The molecular weight excluding hydrogens is 388 g/mol. The summed E-state index contributed by atoms with van der Waals surface area (Å²) in [6, 6.07) is 16.9. The topological polar surface area (TPSA) is 88.3 Å². The van der Waals surface area contributed by atoms with Crippen LogP contribution in [0.4, 0.5) is 11.7 Å². The predicted molar refractivity (Wildman–Crippen MR) is 111 cm³/mol. The standard InChI is InChI=1S/C21H20N4O3S/c1-2-29-17-10-6-7-14(11-17)19(27)22-21-24-23-20(28-21)15-12-18(26)25(13-15)16-8-4-3-5-9-16/h3-11,15H,2,12-13H2,1H3,(H,22,24,27). The van der Waals surface area contributed by atoms with Crippen LogP contribution in [0.25, 0.3) is 0 Å². The van der Waals surface area contributed by atoms with Gasteiger partial charge in [0, 0.05) is 29.1 Å². The maximum atomic E-state index is 12.5. The maximum Gasteiger partial charge on any atom is 0.322 e. The average Bonchev–Trinajstić information content (AvgIpc) is 3.35. The number of hydrogen-bond acceptors (Lipinski definition) is 6. The van der Waals surface area contributed by atoms with Crippen molar-refractivity contribution in [1.29, 1.82) is 0 Å². The van der Waals surface area contributed by atoms with Gasteiger partial charge in [-0.05, 0) is 36.1 Å². The fraction of sp³-hybridized carbons (Fsp3) is 0.238. The fourth-order valence-electron chi connectivity index (χ4n) is 3.24. The molecule has 1 atom stereocenters. The van der Waals surface area contributed by atoms with Gasteiger partial charge in [-0.15, -0.1) is 16.9 Å². The third kappa shape index (κ3) is 4.32. The number of hydrogen-bond donors (Lipinski definition) is 1. The third-order valence-corrected chi connectivity index (χ3v) is 5.49. The Morgan fingerprint density at radius 3 is 2.83 bits per heavy atom. The van der Waals surface area contributed by atoms with Crippen LogP contribution >= 0.6 is 11.8 Å². The maximum absolute atomic E-state index is 12.5. The second kappa shape index (κ2) is 8.48. The van der Waals surface area contributed by atoms with Crippen LogP contribution in [0, 0.1) is 0 Å². The number of nitrogens with one attached hydrogen (secondary N) is 1. The number of anilines is 2. The molecule has 2 amide bonds. The predicted octanol–water partition coefficient (Wildman–Crippen LogP) is 3.95. The number of rotatable bonds is 6. The molecule has 0 saturated carbocycles. The summed E-state index contributed by atoms with van der Waals surface area (Å²) < 4.78 is 5.63. The number of nitrogens with zero attached hydrogens (tertiary/aromatic N) is 3. The van der Waals surface area contributed by atoms with Gasteiger partial charge in [-0.25, -0.2) is 0 Å². The fourth-order valence-corrected chi connectivity index (χ4v) is 3.96. The lowest BCUT2D eigenvalue weighted by Gasteiger charge is -2.15. The van der Waals surface area contributed by atoms with Gasteiger partial charge in [0.25, 0.3) is 5.91 Å². The zero-order valence-corrected chi connectivity index (χ0v) is 16.7. The summed E-state index contributed by atoms with van der Waals surface area (Å²) in [6.45, 7) is 2.53. The summed E-state index contributed by atoms with van der Waals surface area (Å²) in [5, 5.41) is 10.6. The van der Waals surface area contributed by atoms with Gasteiger partial charge in [-0.2, -0.15) is 0 Å². The van der Waals surface area contributed by atoms with Crippen molar-refractivity contribution in [2.75, 3.05) is 22.5 Å². The molecule has 1 saturated heterocycles. The number of para-hydroxylation sites is 1. The highest BCUT2D eigenvalue weighted by Gasteiger charge is 2.35. The molecule has 1 aliphatic heterocycles. The minimum Gasteiger partial charge on any atom is -0.407 e. The molecule has 1 aromatic heterocycles. The van der Waals surface area contributed by atoms with E-state index in [1.165, 1.54) is 0 Å². The van der Waals surface area contributed by atoms with Crippen LogP contribution in [0.3, 0.4) is 0 Å². The minimum absolute atomic E-state index is 0.00947. The Balaban J connectivity index is 1.43. The van der Waals surface area contributed by atoms with Crippen LogP contribution < -0.4 is 10.2 Å². The SMILES string of the molecule is CCSc1cccc(C(=O)Nc2nnc(C3CC(=O)N(c4ccccc4)C3)o2)c1. The highest BCUT2D eigenvalue weighted by molar-refractivity contribution is 7.99. The van der Waals surface area contributed by atoms with E-state index in [4.69, 9.17) is 4.42 Å². The molecule has 0 bridgehead atoms. The van der Waals surface area contributed by atoms with E-state index in [9.17, 15) is 9.59 Å². The van der Waals surface area contributed by atoms with E-state index in [1.54, 1.807) is 22.7 Å². The normalized spacial score (nSPS) is 16.2. The van der Waals surface area contributed by atoms with Gasteiger partial charge in [-0.3, -0.25) is 14.9 Å². The first kappa shape index (κ1) is 19.2. The van der Waals surface area contributed by atoms with Gasteiger partial charge in [0.1, 0.15) is 0 Å². The molecule has 0 spiro atoms. The molecule has 2 aromatic carbocycles. The lowest BCUT2D eigenvalue weighted by molar-refractivity contribution is -0.117. The van der Waals surface area contributed by atoms with Crippen molar-refractivity contribution in [1.82, 2.24) is 10.2 Å². The molecule has 29 heavy (non-hydrogen) atoms. The second-order valence-electron chi connectivity index (χ2n) is 6.60. The molecule has 2 heterocycles. The summed E-state index contributed by atoms with van der Waals surface area (Å²) in [4.78, 5) is 27.6. The van der Waals surface area contributed by atoms with Crippen molar-refractivity contribution >= 4 is 35.3 Å². The summed E-state index contributed by atoms with van der Waals surface area (Å²) in [6.07, 6.45) is 0.292. The molecule has 8 heteroatoms. The Kier molecular flexibility index (Phi) is 5.62. The highest BCUT2D eigenvalue weighted by Crippen LogP contribution is 2.31. The van der Waals surface area contributed by atoms with E-state index < -0.39 is 0 Å². The summed E-state index contributed by atoms with van der Waals surface area (Å²) in [5.41, 5.74) is 1.37. The monoisotopic (exact) mass is 408 g/mol. The number of amides is 2. The van der Waals surface area contributed by atoms with E-state index >= 15 is 0 Å². The molecule has 7 nitrogen and oxygen atoms in total. The van der Waals surface area contributed by atoms with Crippen LogP contribution in [-0.2, 0) is 4.79 Å². The van der Waals surface area contributed by atoms with Gasteiger partial charge < -0.3 is 9.32 Å². The lowest BCUT2D eigenvalue weighted by Crippen LogP contribution is -2.24. The molecule has 0 aliphatic carbocycles. The number of carbonyl (C=O) groups is 2. The van der Waals surface area contributed by atoms with Gasteiger partial charge >= 0.3 is 6.01 Å². The van der Waals surface area contributed by atoms with Crippen LogP contribution in [0.15, 0.2) is 63.9 Å².